The summed E-state index contributed by atoms with van der Waals surface area (Å²) < 4.78 is 14.6. The molecule has 2 aromatic carbocycles. The SMILES string of the molecule is O=C(Nc1cc(Cl)nc(Oc2ccc(Cl)cc2)c1)c1cc2cc3c(cc2s1)OCCC3n1cccn1. The number of hydrogen-bond donors (Lipinski definition) is 1. The van der Waals surface area contributed by atoms with E-state index in [1.165, 1.54) is 11.3 Å². The number of aromatic nitrogens is 3. The molecule has 0 spiro atoms. The van der Waals surface area contributed by atoms with Crippen LogP contribution < -0.4 is 14.8 Å². The highest BCUT2D eigenvalue weighted by Crippen LogP contribution is 2.40. The molecule has 0 saturated carbocycles. The number of anilines is 1. The average Bonchev–Trinajstić information content (AvgIpc) is 3.53. The van der Waals surface area contributed by atoms with Gasteiger partial charge in [-0.15, -0.1) is 11.3 Å². The largest absolute Gasteiger partial charge is 0.493 e. The number of benzene rings is 2. The van der Waals surface area contributed by atoms with Crippen molar-refractivity contribution < 1.29 is 14.3 Å². The summed E-state index contributed by atoms with van der Waals surface area (Å²) >= 11 is 13.5. The summed E-state index contributed by atoms with van der Waals surface area (Å²) in [7, 11) is 0. The molecule has 3 aromatic heterocycles. The Bertz CT molecular complexity index is 1570. The van der Waals surface area contributed by atoms with Gasteiger partial charge in [-0.1, -0.05) is 23.2 Å². The molecule has 0 fully saturated rings. The first kappa shape index (κ1) is 22.8. The molecule has 1 aliphatic heterocycles. The van der Waals surface area contributed by atoms with Crippen LogP contribution in [0.15, 0.2) is 73.1 Å². The van der Waals surface area contributed by atoms with Crippen molar-refractivity contribution in [2.24, 2.45) is 0 Å². The molecular weight excluding hydrogens is 519 g/mol. The van der Waals surface area contributed by atoms with E-state index in [1.54, 1.807) is 42.6 Å². The average molecular weight is 537 g/mol. The van der Waals surface area contributed by atoms with Gasteiger partial charge in [0.15, 0.2) is 0 Å². The van der Waals surface area contributed by atoms with Gasteiger partial charge < -0.3 is 14.8 Å². The lowest BCUT2D eigenvalue weighted by Gasteiger charge is -2.26. The normalized spacial score (nSPS) is 14.8. The molecule has 180 valence electrons. The molecule has 7 nitrogen and oxygen atoms in total. The zero-order valence-corrected chi connectivity index (χ0v) is 21.0. The van der Waals surface area contributed by atoms with E-state index in [-0.39, 0.29) is 23.0 Å². The Morgan fingerprint density at radius 2 is 2.00 bits per heavy atom. The summed E-state index contributed by atoms with van der Waals surface area (Å²) in [6.07, 6.45) is 4.57. The molecule has 1 aliphatic rings. The van der Waals surface area contributed by atoms with Gasteiger partial charge in [0, 0.05) is 45.9 Å². The number of halogens is 2. The predicted octanol–water partition coefficient (Wildman–Crippen LogP) is 7.22. The minimum atomic E-state index is -0.251. The van der Waals surface area contributed by atoms with Crippen LogP contribution >= 0.6 is 34.5 Å². The van der Waals surface area contributed by atoms with E-state index in [0.717, 1.165) is 27.8 Å². The second-order valence-corrected chi connectivity index (χ2v) is 10.1. The molecule has 0 bridgehead atoms. The number of ether oxygens (including phenoxy) is 2. The van der Waals surface area contributed by atoms with Crippen molar-refractivity contribution >= 4 is 56.2 Å². The van der Waals surface area contributed by atoms with E-state index < -0.39 is 0 Å². The number of nitrogens with one attached hydrogen (secondary N) is 1. The Hall–Kier alpha value is -3.59. The number of rotatable bonds is 5. The fourth-order valence-electron chi connectivity index (χ4n) is 4.17. The lowest BCUT2D eigenvalue weighted by molar-refractivity contribution is 0.103. The lowest BCUT2D eigenvalue weighted by atomic mass is 9.99. The number of fused-ring (bicyclic) bond motifs is 2. The fraction of sp³-hybridized carbons (Fsp3) is 0.115. The maximum absolute atomic E-state index is 13.1. The number of carbonyl (C=O) groups is 1. The van der Waals surface area contributed by atoms with Gasteiger partial charge in [-0.25, -0.2) is 4.98 Å². The van der Waals surface area contributed by atoms with Crippen molar-refractivity contribution in [1.29, 1.82) is 0 Å². The smallest absolute Gasteiger partial charge is 0.265 e. The number of pyridine rings is 1. The molecule has 6 rings (SSSR count). The van der Waals surface area contributed by atoms with Gasteiger partial charge in [-0.3, -0.25) is 9.48 Å². The molecule has 0 radical (unpaired) electrons. The standard InChI is InChI=1S/C26H18Cl2N4O3S/c27-16-2-4-18(5-3-16)35-25-13-17(12-24(28)31-25)30-26(33)23-11-15-10-19-20(32-8-1-7-29-32)6-9-34-21(19)14-22(15)36-23/h1-5,7-8,10-14,20H,6,9H2,(H,30,31,33). The molecule has 0 saturated heterocycles. The maximum atomic E-state index is 13.1. The van der Waals surface area contributed by atoms with Crippen molar-refractivity contribution in [3.63, 3.8) is 0 Å². The third kappa shape index (κ3) is 4.63. The van der Waals surface area contributed by atoms with E-state index in [0.29, 0.717) is 27.9 Å². The monoisotopic (exact) mass is 536 g/mol. The number of thiophene rings is 1. The van der Waals surface area contributed by atoms with Crippen molar-refractivity contribution in [3.05, 3.63) is 93.7 Å². The highest BCUT2D eigenvalue weighted by Gasteiger charge is 2.25. The van der Waals surface area contributed by atoms with Crippen LogP contribution in [0, 0.1) is 0 Å². The molecule has 5 aromatic rings. The van der Waals surface area contributed by atoms with Crippen LogP contribution in [0.5, 0.6) is 17.4 Å². The topological polar surface area (TPSA) is 78.3 Å². The lowest BCUT2D eigenvalue weighted by Crippen LogP contribution is -2.20. The molecule has 1 unspecified atom stereocenters. The van der Waals surface area contributed by atoms with Crippen LogP contribution in [-0.4, -0.2) is 27.3 Å². The van der Waals surface area contributed by atoms with Crippen LogP contribution in [0.3, 0.4) is 0 Å². The van der Waals surface area contributed by atoms with Gasteiger partial charge in [-0.05, 0) is 60.0 Å². The minimum absolute atomic E-state index is 0.100. The predicted molar refractivity (Wildman–Crippen MR) is 141 cm³/mol. The molecule has 1 atom stereocenters. The van der Waals surface area contributed by atoms with E-state index >= 15 is 0 Å². The van der Waals surface area contributed by atoms with Gasteiger partial charge in [0.25, 0.3) is 5.91 Å². The second-order valence-electron chi connectivity index (χ2n) is 8.20. The second kappa shape index (κ2) is 9.46. The Kier molecular flexibility index (Phi) is 6.00. The van der Waals surface area contributed by atoms with Gasteiger partial charge in [0.2, 0.25) is 5.88 Å². The van der Waals surface area contributed by atoms with Crippen LogP contribution in [0.1, 0.15) is 27.7 Å². The maximum Gasteiger partial charge on any atom is 0.265 e. The summed E-state index contributed by atoms with van der Waals surface area (Å²) in [6, 6.07) is 18.1. The van der Waals surface area contributed by atoms with E-state index in [2.05, 4.69) is 21.5 Å². The quantitative estimate of drug-likeness (QED) is 0.240. The highest BCUT2D eigenvalue weighted by atomic mass is 35.5. The molecule has 4 heterocycles. The van der Waals surface area contributed by atoms with Gasteiger partial charge in [0.1, 0.15) is 16.7 Å². The first-order chi connectivity index (χ1) is 17.5. The van der Waals surface area contributed by atoms with E-state index in [1.807, 2.05) is 29.1 Å². The molecule has 1 N–H and O–H groups in total. The molecule has 1 amide bonds. The number of nitrogens with zero attached hydrogens (tertiary/aromatic N) is 3. The van der Waals surface area contributed by atoms with Crippen LogP contribution in [0.25, 0.3) is 10.1 Å². The minimum Gasteiger partial charge on any atom is -0.493 e. The third-order valence-electron chi connectivity index (χ3n) is 5.79. The Morgan fingerprint density at radius 3 is 2.81 bits per heavy atom. The van der Waals surface area contributed by atoms with Crippen molar-refractivity contribution in [2.45, 2.75) is 12.5 Å². The van der Waals surface area contributed by atoms with Gasteiger partial charge >= 0.3 is 0 Å². The Labute approximate surface area is 220 Å². The van der Waals surface area contributed by atoms with E-state index in [9.17, 15) is 4.79 Å². The third-order valence-corrected chi connectivity index (χ3v) is 7.33. The fourth-order valence-corrected chi connectivity index (χ4v) is 5.47. The summed E-state index contributed by atoms with van der Waals surface area (Å²) in [5.74, 6) is 1.38. The molecular formula is C26H18Cl2N4O3S. The zero-order chi connectivity index (χ0) is 24.6. The molecule has 10 heteroatoms. The van der Waals surface area contributed by atoms with E-state index in [4.69, 9.17) is 32.7 Å². The number of carbonyl (C=O) groups excluding carboxylic acids is 1. The number of amides is 1. The zero-order valence-electron chi connectivity index (χ0n) is 18.7. The van der Waals surface area contributed by atoms with Crippen LogP contribution in [-0.2, 0) is 0 Å². The van der Waals surface area contributed by atoms with Crippen molar-refractivity contribution in [3.8, 4) is 17.4 Å². The van der Waals surface area contributed by atoms with Crippen molar-refractivity contribution in [1.82, 2.24) is 14.8 Å². The summed E-state index contributed by atoms with van der Waals surface area (Å²) in [4.78, 5) is 17.9. The van der Waals surface area contributed by atoms with Gasteiger partial charge in [0.05, 0.1) is 17.5 Å². The van der Waals surface area contributed by atoms with Crippen molar-refractivity contribution in [2.75, 3.05) is 11.9 Å². The highest BCUT2D eigenvalue weighted by molar-refractivity contribution is 7.20. The first-order valence-corrected chi connectivity index (χ1v) is 12.7. The van der Waals surface area contributed by atoms with Crippen LogP contribution in [0.4, 0.5) is 5.69 Å². The summed E-state index contributed by atoms with van der Waals surface area (Å²) in [6.45, 7) is 0.616. The molecule has 0 aliphatic carbocycles. The molecule has 36 heavy (non-hydrogen) atoms. The summed E-state index contributed by atoms with van der Waals surface area (Å²) in [5, 5.41) is 9.08. The van der Waals surface area contributed by atoms with Crippen LogP contribution in [0.2, 0.25) is 10.2 Å². The Balaban J connectivity index is 1.25. The van der Waals surface area contributed by atoms with Gasteiger partial charge in [-0.2, -0.15) is 5.10 Å². The number of hydrogen-bond acceptors (Lipinski definition) is 6. The summed E-state index contributed by atoms with van der Waals surface area (Å²) in [5.41, 5.74) is 1.54. The first-order valence-electron chi connectivity index (χ1n) is 11.1. The Morgan fingerprint density at radius 1 is 1.14 bits per heavy atom.